The zero-order valence-corrected chi connectivity index (χ0v) is 10.9. The zero-order valence-electron chi connectivity index (χ0n) is 9.42. The van der Waals surface area contributed by atoms with Crippen molar-refractivity contribution in [2.75, 3.05) is 6.61 Å². The van der Waals surface area contributed by atoms with E-state index < -0.39 is 12.2 Å². The Morgan fingerprint density at radius 1 is 1.33 bits per heavy atom. The third kappa shape index (κ3) is 2.67. The summed E-state index contributed by atoms with van der Waals surface area (Å²) in [6.45, 7) is -0.294. The van der Waals surface area contributed by atoms with Gasteiger partial charge in [0.05, 0.1) is 19.5 Å². The second-order valence-corrected chi connectivity index (χ2v) is 4.89. The molecule has 2 N–H and O–H groups in total. The topological polar surface area (TPSA) is 58.3 Å². The van der Waals surface area contributed by atoms with Crippen molar-refractivity contribution in [2.24, 2.45) is 0 Å². The van der Waals surface area contributed by atoms with Crippen molar-refractivity contribution >= 4 is 23.2 Å². The third-order valence-electron chi connectivity index (χ3n) is 2.70. The van der Waals surface area contributed by atoms with E-state index in [1.807, 2.05) is 0 Å². The molecule has 1 aromatic carbocycles. The first-order valence-electron chi connectivity index (χ1n) is 5.30. The van der Waals surface area contributed by atoms with Crippen molar-refractivity contribution in [1.82, 2.24) is 9.55 Å². The number of aliphatic hydroxyl groups is 2. The Hall–Kier alpha value is -1.07. The Morgan fingerprint density at radius 3 is 2.67 bits per heavy atom. The SMILES string of the molecule is OC[C@@](O)(Cn1ccnc1)c1ccc(Cl)cc1Cl. The molecule has 0 radical (unpaired) electrons. The van der Waals surface area contributed by atoms with E-state index in [-0.39, 0.29) is 6.54 Å². The summed E-state index contributed by atoms with van der Waals surface area (Å²) in [7, 11) is 0. The van der Waals surface area contributed by atoms with Crippen molar-refractivity contribution in [3.05, 3.63) is 52.5 Å². The van der Waals surface area contributed by atoms with Gasteiger partial charge in [0.1, 0.15) is 5.60 Å². The van der Waals surface area contributed by atoms with Gasteiger partial charge >= 0.3 is 0 Å². The molecule has 4 nitrogen and oxygen atoms in total. The van der Waals surface area contributed by atoms with E-state index in [0.717, 1.165) is 0 Å². The van der Waals surface area contributed by atoms with Crippen LogP contribution in [0.3, 0.4) is 0 Å². The summed E-state index contributed by atoms with van der Waals surface area (Å²) in [6, 6.07) is 4.77. The van der Waals surface area contributed by atoms with Crippen molar-refractivity contribution in [2.45, 2.75) is 12.1 Å². The van der Waals surface area contributed by atoms with E-state index in [0.29, 0.717) is 15.6 Å². The first-order chi connectivity index (χ1) is 8.55. The lowest BCUT2D eigenvalue weighted by Gasteiger charge is -2.27. The molecule has 96 valence electrons. The van der Waals surface area contributed by atoms with E-state index in [1.165, 1.54) is 6.07 Å². The van der Waals surface area contributed by atoms with Gasteiger partial charge in [0.15, 0.2) is 0 Å². The first kappa shape index (κ1) is 13.4. The molecule has 2 rings (SSSR count). The van der Waals surface area contributed by atoms with Crippen LogP contribution in [0.25, 0.3) is 0 Å². The van der Waals surface area contributed by atoms with Crippen molar-refractivity contribution in [3.8, 4) is 0 Å². The molecule has 0 saturated carbocycles. The molecule has 0 spiro atoms. The summed E-state index contributed by atoms with van der Waals surface area (Å²) in [6.07, 6.45) is 4.86. The summed E-state index contributed by atoms with van der Waals surface area (Å²) in [5.41, 5.74) is -1.03. The Labute approximate surface area is 114 Å². The highest BCUT2D eigenvalue weighted by Crippen LogP contribution is 2.31. The maximum Gasteiger partial charge on any atom is 0.132 e. The smallest absolute Gasteiger partial charge is 0.132 e. The molecule has 1 heterocycles. The highest BCUT2D eigenvalue weighted by atomic mass is 35.5. The Kier molecular flexibility index (Phi) is 3.92. The van der Waals surface area contributed by atoms with Gasteiger partial charge in [-0.3, -0.25) is 0 Å². The quantitative estimate of drug-likeness (QED) is 0.905. The minimum Gasteiger partial charge on any atom is -0.393 e. The van der Waals surface area contributed by atoms with Crippen LogP contribution in [0.4, 0.5) is 0 Å². The van der Waals surface area contributed by atoms with Gasteiger partial charge in [-0.05, 0) is 12.1 Å². The highest BCUT2D eigenvalue weighted by molar-refractivity contribution is 6.35. The number of rotatable bonds is 4. The molecule has 0 unspecified atom stereocenters. The van der Waals surface area contributed by atoms with Crippen LogP contribution < -0.4 is 0 Å². The van der Waals surface area contributed by atoms with Crippen molar-refractivity contribution in [3.63, 3.8) is 0 Å². The number of benzene rings is 1. The number of imidazole rings is 1. The maximum atomic E-state index is 10.5. The predicted molar refractivity (Wildman–Crippen MR) is 69.7 cm³/mol. The van der Waals surface area contributed by atoms with Crippen LogP contribution in [0, 0.1) is 0 Å². The van der Waals surface area contributed by atoms with Crippen LogP contribution in [0.5, 0.6) is 0 Å². The maximum absolute atomic E-state index is 10.5. The standard InChI is InChI=1S/C12H12Cl2N2O2/c13-9-1-2-10(11(14)5-9)12(18,7-17)6-16-4-3-15-8-16/h1-5,8,17-18H,6-7H2/t12-/m0/s1. The molecule has 0 aliphatic rings. The fourth-order valence-corrected chi connectivity index (χ4v) is 2.35. The monoisotopic (exact) mass is 286 g/mol. The number of hydrogen-bond acceptors (Lipinski definition) is 3. The number of aliphatic hydroxyl groups excluding tert-OH is 1. The molecule has 0 fully saturated rings. The Balaban J connectivity index is 2.36. The van der Waals surface area contributed by atoms with Crippen LogP contribution in [-0.2, 0) is 12.1 Å². The summed E-state index contributed by atoms with van der Waals surface area (Å²) < 4.78 is 1.67. The van der Waals surface area contributed by atoms with Crippen molar-refractivity contribution < 1.29 is 10.2 Å². The Morgan fingerprint density at radius 2 is 2.11 bits per heavy atom. The predicted octanol–water partition coefficient (Wildman–Crippen LogP) is 2.07. The highest BCUT2D eigenvalue weighted by Gasteiger charge is 2.31. The number of nitrogens with zero attached hydrogens (tertiary/aromatic N) is 2. The van der Waals surface area contributed by atoms with E-state index >= 15 is 0 Å². The van der Waals surface area contributed by atoms with Gasteiger partial charge in [-0.2, -0.15) is 0 Å². The van der Waals surface area contributed by atoms with E-state index in [9.17, 15) is 10.2 Å². The van der Waals surface area contributed by atoms with Crippen LogP contribution in [0.2, 0.25) is 10.0 Å². The summed E-state index contributed by atoms with van der Waals surface area (Å²) in [5, 5.41) is 20.8. The van der Waals surface area contributed by atoms with Crippen LogP contribution in [0.1, 0.15) is 5.56 Å². The van der Waals surface area contributed by atoms with Crippen molar-refractivity contribution in [1.29, 1.82) is 0 Å². The van der Waals surface area contributed by atoms with Crippen LogP contribution in [-0.4, -0.2) is 26.4 Å². The number of halogens is 2. The van der Waals surface area contributed by atoms with Gasteiger partial charge in [0.2, 0.25) is 0 Å². The van der Waals surface area contributed by atoms with Gasteiger partial charge in [-0.25, -0.2) is 4.98 Å². The molecular weight excluding hydrogens is 275 g/mol. The van der Waals surface area contributed by atoms with Gasteiger partial charge < -0.3 is 14.8 Å². The van der Waals surface area contributed by atoms with Gasteiger partial charge in [-0.1, -0.05) is 29.3 Å². The normalized spacial score (nSPS) is 14.4. The summed E-state index contributed by atoms with van der Waals surface area (Å²) in [4.78, 5) is 3.89. The second kappa shape index (κ2) is 5.28. The Bertz CT molecular complexity index is 531. The minimum atomic E-state index is -1.47. The average Bonchev–Trinajstić information content (AvgIpc) is 2.81. The lowest BCUT2D eigenvalue weighted by atomic mass is 9.94. The minimum absolute atomic E-state index is 0.158. The molecule has 1 atom stereocenters. The third-order valence-corrected chi connectivity index (χ3v) is 3.25. The van der Waals surface area contributed by atoms with Gasteiger partial charge in [0, 0.05) is 28.0 Å². The van der Waals surface area contributed by atoms with Crippen LogP contribution >= 0.6 is 23.2 Å². The fraction of sp³-hybridized carbons (Fsp3) is 0.250. The van der Waals surface area contributed by atoms with Gasteiger partial charge in [0.25, 0.3) is 0 Å². The second-order valence-electron chi connectivity index (χ2n) is 4.05. The summed E-state index contributed by atoms with van der Waals surface area (Å²) in [5.74, 6) is 0. The molecule has 0 saturated heterocycles. The van der Waals surface area contributed by atoms with E-state index in [2.05, 4.69) is 4.98 Å². The largest absolute Gasteiger partial charge is 0.393 e. The fourth-order valence-electron chi connectivity index (χ4n) is 1.77. The molecule has 1 aromatic heterocycles. The number of aromatic nitrogens is 2. The van der Waals surface area contributed by atoms with Gasteiger partial charge in [-0.15, -0.1) is 0 Å². The lowest BCUT2D eigenvalue weighted by Crippen LogP contribution is -2.35. The molecular formula is C12H12Cl2N2O2. The first-order valence-corrected chi connectivity index (χ1v) is 6.05. The molecule has 2 aromatic rings. The zero-order chi connectivity index (χ0) is 13.2. The molecule has 6 heteroatoms. The molecule has 0 bridgehead atoms. The molecule has 0 aliphatic heterocycles. The van der Waals surface area contributed by atoms with E-state index in [1.54, 1.807) is 35.4 Å². The molecule has 18 heavy (non-hydrogen) atoms. The number of hydrogen-bond donors (Lipinski definition) is 2. The van der Waals surface area contributed by atoms with Crippen LogP contribution in [0.15, 0.2) is 36.9 Å². The average molecular weight is 287 g/mol. The lowest BCUT2D eigenvalue weighted by molar-refractivity contribution is -0.0331. The van der Waals surface area contributed by atoms with E-state index in [4.69, 9.17) is 23.2 Å². The molecule has 0 aliphatic carbocycles. The molecule has 0 amide bonds. The summed E-state index contributed by atoms with van der Waals surface area (Å²) >= 11 is 11.9.